The Labute approximate surface area is 266 Å². The molecule has 3 aliphatic rings. The Balaban J connectivity index is 1.87. The standard InChI is InChI=1S/C27H42N10O9/c1-16-31(4)25(44)19(41)22(28-13-38)35(16)10-7-34(8-11-36-17(2)32(5)26(45)20(42)23(36)29-14-39)9-12-37-18(3)33(6)27(46)21(43)24(37)30-15-40/h13-18,22-24H,7-12H2,1-6H3,(H,28,38)(H,29,39)(H,30,40). The van der Waals surface area contributed by atoms with Crippen molar-refractivity contribution in [1.29, 1.82) is 0 Å². The van der Waals surface area contributed by atoms with Gasteiger partial charge in [-0.2, -0.15) is 0 Å². The van der Waals surface area contributed by atoms with Crippen LogP contribution in [-0.2, 0) is 43.2 Å². The van der Waals surface area contributed by atoms with Crippen LogP contribution in [0.1, 0.15) is 20.8 Å². The third-order valence-corrected chi connectivity index (χ3v) is 9.16. The van der Waals surface area contributed by atoms with E-state index in [9.17, 15) is 43.2 Å². The Morgan fingerprint density at radius 1 is 0.522 bits per heavy atom. The summed E-state index contributed by atoms with van der Waals surface area (Å²) in [6, 6.07) is 0. The lowest BCUT2D eigenvalue weighted by atomic mass is 10.1. The van der Waals surface area contributed by atoms with Gasteiger partial charge in [0.2, 0.25) is 19.2 Å². The Morgan fingerprint density at radius 3 is 0.978 bits per heavy atom. The van der Waals surface area contributed by atoms with E-state index in [1.54, 1.807) is 35.5 Å². The maximum atomic E-state index is 12.8. The van der Waals surface area contributed by atoms with Crippen LogP contribution in [0.4, 0.5) is 0 Å². The van der Waals surface area contributed by atoms with E-state index in [2.05, 4.69) is 16.0 Å². The molecule has 3 heterocycles. The predicted octanol–water partition coefficient (Wildman–Crippen LogP) is -5.43. The molecule has 0 aliphatic carbocycles. The summed E-state index contributed by atoms with van der Waals surface area (Å²) < 4.78 is 0. The predicted molar refractivity (Wildman–Crippen MR) is 157 cm³/mol. The molecule has 6 amide bonds. The highest BCUT2D eigenvalue weighted by atomic mass is 16.2. The Bertz CT molecular complexity index is 1100. The highest BCUT2D eigenvalue weighted by Crippen LogP contribution is 2.19. The van der Waals surface area contributed by atoms with Crippen LogP contribution in [0, 0.1) is 0 Å². The molecule has 19 nitrogen and oxygen atoms in total. The molecule has 0 radical (unpaired) electrons. The average molecular weight is 651 g/mol. The molecule has 0 aromatic heterocycles. The monoisotopic (exact) mass is 650 g/mol. The van der Waals surface area contributed by atoms with Crippen LogP contribution < -0.4 is 16.0 Å². The highest BCUT2D eigenvalue weighted by Gasteiger charge is 2.45. The summed E-state index contributed by atoms with van der Waals surface area (Å²) in [5.41, 5.74) is 0. The van der Waals surface area contributed by atoms with Crippen molar-refractivity contribution in [2.45, 2.75) is 57.8 Å². The molecule has 3 rings (SSSR count). The number of rotatable bonds is 15. The van der Waals surface area contributed by atoms with E-state index >= 15 is 0 Å². The van der Waals surface area contributed by atoms with Crippen molar-refractivity contribution in [2.75, 3.05) is 60.4 Å². The van der Waals surface area contributed by atoms with Gasteiger partial charge < -0.3 is 30.7 Å². The Morgan fingerprint density at radius 2 is 0.761 bits per heavy atom. The fourth-order valence-electron chi connectivity index (χ4n) is 5.91. The lowest BCUT2D eigenvalue weighted by molar-refractivity contribution is -0.162. The minimum absolute atomic E-state index is 0.182. The number of hydrogen-bond acceptors (Lipinski definition) is 13. The zero-order valence-corrected chi connectivity index (χ0v) is 26.7. The zero-order valence-electron chi connectivity index (χ0n) is 26.7. The third-order valence-electron chi connectivity index (χ3n) is 9.16. The molecule has 19 heteroatoms. The van der Waals surface area contributed by atoms with Crippen molar-refractivity contribution >= 4 is 54.3 Å². The number of carbonyl (C=O) groups excluding carboxylic acids is 9. The zero-order chi connectivity index (χ0) is 34.5. The summed E-state index contributed by atoms with van der Waals surface area (Å²) in [7, 11) is 4.44. The first-order valence-corrected chi connectivity index (χ1v) is 14.7. The molecule has 6 unspecified atom stereocenters. The number of amides is 6. The molecule has 3 fully saturated rings. The molecule has 0 bridgehead atoms. The number of nitrogens with one attached hydrogen (secondary N) is 3. The van der Waals surface area contributed by atoms with Crippen LogP contribution in [0.3, 0.4) is 0 Å². The summed E-state index contributed by atoms with van der Waals surface area (Å²) in [4.78, 5) is 120. The maximum Gasteiger partial charge on any atom is 0.294 e. The largest absolute Gasteiger partial charge is 0.336 e. The van der Waals surface area contributed by atoms with Crippen LogP contribution in [0.15, 0.2) is 0 Å². The van der Waals surface area contributed by atoms with E-state index < -0.39 is 72.1 Å². The maximum absolute atomic E-state index is 12.8. The minimum atomic E-state index is -1.20. The Kier molecular flexibility index (Phi) is 12.0. The van der Waals surface area contributed by atoms with Crippen molar-refractivity contribution in [2.24, 2.45) is 0 Å². The van der Waals surface area contributed by atoms with Gasteiger partial charge in [0, 0.05) is 60.4 Å². The SMILES string of the molecule is CC1N(C)C(=O)C(=O)C(NC=O)N1CCN(CCN1C(NC=O)C(=O)C(=O)N(C)C1C)CCN1C(NC=O)C(=O)C(=O)N(C)C1C. The summed E-state index contributed by atoms with van der Waals surface area (Å²) in [5.74, 6) is -4.63. The van der Waals surface area contributed by atoms with E-state index in [1.165, 1.54) is 35.8 Å². The average Bonchev–Trinajstić information content (AvgIpc) is 3.04. The van der Waals surface area contributed by atoms with E-state index in [4.69, 9.17) is 0 Å². The van der Waals surface area contributed by atoms with Crippen LogP contribution in [0.25, 0.3) is 0 Å². The highest BCUT2D eigenvalue weighted by molar-refractivity contribution is 6.39. The van der Waals surface area contributed by atoms with Crippen LogP contribution >= 0.6 is 0 Å². The molecule has 254 valence electrons. The van der Waals surface area contributed by atoms with Gasteiger partial charge >= 0.3 is 0 Å². The van der Waals surface area contributed by atoms with Crippen molar-refractivity contribution in [1.82, 2.24) is 50.2 Å². The van der Waals surface area contributed by atoms with Gasteiger partial charge in [-0.05, 0) is 20.8 Å². The summed E-state index contributed by atoms with van der Waals surface area (Å²) in [6.07, 6.45) is -4.24. The molecule has 6 atom stereocenters. The quantitative estimate of drug-likeness (QED) is 0.112. The molecule has 3 saturated heterocycles. The molecule has 0 aromatic carbocycles. The fraction of sp³-hybridized carbons (Fsp3) is 0.667. The van der Waals surface area contributed by atoms with Crippen molar-refractivity contribution in [3.8, 4) is 0 Å². The molecule has 3 N–H and O–H groups in total. The molecular formula is C27H42N10O9. The van der Waals surface area contributed by atoms with E-state index in [-0.39, 0.29) is 39.3 Å². The lowest BCUT2D eigenvalue weighted by Crippen LogP contribution is -2.69. The lowest BCUT2D eigenvalue weighted by Gasteiger charge is -2.46. The van der Waals surface area contributed by atoms with Gasteiger partial charge in [-0.15, -0.1) is 0 Å². The Hall–Kier alpha value is -4.33. The normalized spacial score (nSPS) is 28.6. The van der Waals surface area contributed by atoms with Crippen molar-refractivity contribution in [3.05, 3.63) is 0 Å². The molecular weight excluding hydrogens is 608 g/mol. The summed E-state index contributed by atoms with van der Waals surface area (Å²) >= 11 is 0. The van der Waals surface area contributed by atoms with Crippen LogP contribution in [0.5, 0.6) is 0 Å². The number of nitrogens with zero attached hydrogens (tertiary/aromatic N) is 7. The second kappa shape index (κ2) is 15.3. The fourth-order valence-corrected chi connectivity index (χ4v) is 5.91. The van der Waals surface area contributed by atoms with Gasteiger partial charge in [0.05, 0.1) is 18.5 Å². The van der Waals surface area contributed by atoms with Crippen molar-refractivity contribution < 1.29 is 43.2 Å². The van der Waals surface area contributed by atoms with E-state index in [0.717, 1.165) is 0 Å². The van der Waals surface area contributed by atoms with E-state index in [1.807, 2.05) is 4.90 Å². The number of ketones is 3. The van der Waals surface area contributed by atoms with Gasteiger partial charge in [-0.1, -0.05) is 0 Å². The number of Topliss-reactive ketones (excluding diaryl/α,β-unsaturated/α-hetero) is 3. The summed E-state index contributed by atoms with van der Waals surface area (Å²) in [5, 5.41) is 7.25. The van der Waals surface area contributed by atoms with Gasteiger partial charge in [0.1, 0.15) is 0 Å². The van der Waals surface area contributed by atoms with Gasteiger partial charge in [0.25, 0.3) is 35.1 Å². The smallest absolute Gasteiger partial charge is 0.294 e. The second-order valence-corrected chi connectivity index (χ2v) is 11.4. The number of carbonyl (C=O) groups is 9. The van der Waals surface area contributed by atoms with Gasteiger partial charge in [-0.25, -0.2) is 0 Å². The number of likely N-dealkylation sites (N-methyl/N-ethyl adjacent to an activating group) is 3. The molecule has 0 spiro atoms. The molecule has 3 aliphatic heterocycles. The molecule has 46 heavy (non-hydrogen) atoms. The first-order chi connectivity index (χ1) is 21.7. The first kappa shape index (κ1) is 36.1. The first-order valence-electron chi connectivity index (χ1n) is 14.7. The van der Waals surface area contributed by atoms with Crippen molar-refractivity contribution in [3.63, 3.8) is 0 Å². The van der Waals surface area contributed by atoms with Gasteiger partial charge in [-0.3, -0.25) is 62.8 Å². The summed E-state index contributed by atoms with van der Waals surface area (Å²) in [6.45, 7) is 6.44. The van der Waals surface area contributed by atoms with E-state index in [0.29, 0.717) is 19.2 Å². The molecule has 0 aromatic rings. The van der Waals surface area contributed by atoms with Gasteiger partial charge in [0.15, 0.2) is 18.5 Å². The second-order valence-electron chi connectivity index (χ2n) is 11.4. The van der Waals surface area contributed by atoms with Crippen LogP contribution in [0.2, 0.25) is 0 Å². The van der Waals surface area contributed by atoms with Crippen LogP contribution in [-0.4, -0.2) is 186 Å². The minimum Gasteiger partial charge on any atom is -0.336 e. The molecule has 0 saturated carbocycles. The topological polar surface area (TPSA) is 212 Å². The number of hydrogen-bond donors (Lipinski definition) is 3. The third kappa shape index (κ3) is 7.06.